The van der Waals surface area contributed by atoms with Gasteiger partial charge in [-0.05, 0) is 69.2 Å². The highest BCUT2D eigenvalue weighted by Crippen LogP contribution is 2.26. The van der Waals surface area contributed by atoms with Gasteiger partial charge in [-0.1, -0.05) is 87.4 Å². The normalized spacial score (nSPS) is 17.5. The smallest absolute Gasteiger partial charge is 0.225 e. The average molecular weight is 516 g/mol. The SMILES string of the molecule is CN(C)c1nc(N[C@H]2CC[C@@H](NCCCCCCCCCCCc3ccccc3)CC2)nc2ccccc12. The average Bonchev–Trinajstić information content (AvgIpc) is 2.94. The zero-order chi connectivity index (χ0) is 26.4. The number of anilines is 2. The lowest BCUT2D eigenvalue weighted by Crippen LogP contribution is -2.37. The lowest BCUT2D eigenvalue weighted by molar-refractivity contribution is 0.350. The number of nitrogens with one attached hydrogen (secondary N) is 2. The van der Waals surface area contributed by atoms with Crippen LogP contribution in [-0.4, -0.2) is 42.7 Å². The molecule has 1 heterocycles. The Labute approximate surface area is 230 Å². The van der Waals surface area contributed by atoms with Crippen molar-refractivity contribution < 1.29 is 0 Å². The molecule has 0 aliphatic heterocycles. The maximum Gasteiger partial charge on any atom is 0.225 e. The van der Waals surface area contributed by atoms with Crippen molar-refractivity contribution in [3.8, 4) is 0 Å². The fourth-order valence-corrected chi connectivity index (χ4v) is 5.73. The van der Waals surface area contributed by atoms with Crippen molar-refractivity contribution in [2.45, 2.75) is 102 Å². The molecule has 0 saturated heterocycles. The maximum absolute atomic E-state index is 4.82. The van der Waals surface area contributed by atoms with Crippen LogP contribution >= 0.6 is 0 Å². The summed E-state index contributed by atoms with van der Waals surface area (Å²) < 4.78 is 0. The number of unbranched alkanes of at least 4 members (excludes halogenated alkanes) is 8. The van der Waals surface area contributed by atoms with Gasteiger partial charge in [0.2, 0.25) is 5.95 Å². The van der Waals surface area contributed by atoms with Crippen LogP contribution in [0.2, 0.25) is 0 Å². The Morgan fingerprint density at radius 3 is 2.00 bits per heavy atom. The van der Waals surface area contributed by atoms with Crippen LogP contribution in [0.3, 0.4) is 0 Å². The second kappa shape index (κ2) is 15.7. The zero-order valence-corrected chi connectivity index (χ0v) is 23.8. The molecule has 0 spiro atoms. The number of nitrogens with zero attached hydrogens (tertiary/aromatic N) is 3. The third-order valence-corrected chi connectivity index (χ3v) is 7.99. The molecule has 0 atom stereocenters. The van der Waals surface area contributed by atoms with Gasteiger partial charge in [-0.3, -0.25) is 0 Å². The molecule has 38 heavy (non-hydrogen) atoms. The molecule has 4 rings (SSSR count). The van der Waals surface area contributed by atoms with E-state index >= 15 is 0 Å². The topological polar surface area (TPSA) is 53.1 Å². The minimum atomic E-state index is 0.461. The maximum atomic E-state index is 4.82. The zero-order valence-electron chi connectivity index (χ0n) is 23.8. The molecule has 1 fully saturated rings. The summed E-state index contributed by atoms with van der Waals surface area (Å²) in [5, 5.41) is 8.56. The molecule has 5 heteroatoms. The highest BCUT2D eigenvalue weighted by atomic mass is 15.2. The van der Waals surface area contributed by atoms with Crippen LogP contribution in [0.1, 0.15) is 89.0 Å². The molecule has 0 bridgehead atoms. The van der Waals surface area contributed by atoms with E-state index in [4.69, 9.17) is 9.97 Å². The van der Waals surface area contributed by atoms with Crippen molar-refractivity contribution >= 4 is 22.7 Å². The molecule has 1 aliphatic carbocycles. The highest BCUT2D eigenvalue weighted by molar-refractivity contribution is 5.90. The van der Waals surface area contributed by atoms with Crippen LogP contribution in [0.25, 0.3) is 10.9 Å². The number of hydrogen-bond acceptors (Lipinski definition) is 5. The van der Waals surface area contributed by atoms with E-state index in [9.17, 15) is 0 Å². The highest BCUT2D eigenvalue weighted by Gasteiger charge is 2.21. The standard InChI is InChI=1S/C33H49N5/c1-38(2)32-30-20-14-15-21-31(30)36-33(37-32)35-29-24-22-28(23-25-29)34-26-16-9-7-5-3-4-6-8-11-17-27-18-12-10-13-19-27/h10,12-15,18-21,28-29,34H,3-9,11,16-17,22-26H2,1-2H3,(H,35,36,37)/t28-,29+. The summed E-state index contributed by atoms with van der Waals surface area (Å²) in [4.78, 5) is 11.7. The molecule has 0 amide bonds. The van der Waals surface area contributed by atoms with Gasteiger partial charge >= 0.3 is 0 Å². The fraction of sp³-hybridized carbons (Fsp3) is 0.576. The van der Waals surface area contributed by atoms with Gasteiger partial charge in [-0.15, -0.1) is 0 Å². The van der Waals surface area contributed by atoms with E-state index in [-0.39, 0.29) is 0 Å². The Morgan fingerprint density at radius 1 is 0.684 bits per heavy atom. The summed E-state index contributed by atoms with van der Waals surface area (Å²) in [6.45, 7) is 1.17. The van der Waals surface area contributed by atoms with Crippen molar-refractivity contribution in [1.29, 1.82) is 0 Å². The Bertz CT molecular complexity index is 1060. The molecular weight excluding hydrogens is 466 g/mol. The van der Waals surface area contributed by atoms with Crippen LogP contribution < -0.4 is 15.5 Å². The van der Waals surface area contributed by atoms with E-state index in [0.717, 1.165) is 22.7 Å². The van der Waals surface area contributed by atoms with Gasteiger partial charge in [-0.25, -0.2) is 4.98 Å². The third-order valence-electron chi connectivity index (χ3n) is 7.99. The van der Waals surface area contributed by atoms with Crippen LogP contribution in [0.4, 0.5) is 11.8 Å². The Balaban J connectivity index is 1.01. The minimum absolute atomic E-state index is 0.461. The van der Waals surface area contributed by atoms with Gasteiger partial charge in [0.05, 0.1) is 5.52 Å². The number of para-hydroxylation sites is 1. The Hall–Kier alpha value is -2.66. The number of aryl methyl sites for hydroxylation is 1. The summed E-state index contributed by atoms with van der Waals surface area (Å²) in [6.07, 6.45) is 18.5. The van der Waals surface area contributed by atoms with Crippen LogP contribution in [0, 0.1) is 0 Å². The molecule has 2 N–H and O–H groups in total. The quantitative estimate of drug-likeness (QED) is 0.191. The van der Waals surface area contributed by atoms with E-state index in [1.54, 1.807) is 0 Å². The first-order valence-corrected chi connectivity index (χ1v) is 15.2. The number of hydrogen-bond donors (Lipinski definition) is 2. The summed E-state index contributed by atoms with van der Waals surface area (Å²) in [5.74, 6) is 1.74. The van der Waals surface area contributed by atoms with E-state index in [1.165, 1.54) is 102 Å². The van der Waals surface area contributed by atoms with Gasteiger partial charge in [0, 0.05) is 31.6 Å². The van der Waals surface area contributed by atoms with Crippen molar-refractivity contribution in [2.75, 3.05) is 30.9 Å². The Kier molecular flexibility index (Phi) is 11.7. The number of benzene rings is 2. The molecule has 0 radical (unpaired) electrons. The summed E-state index contributed by atoms with van der Waals surface area (Å²) in [6, 6.07) is 20.3. The predicted octanol–water partition coefficient (Wildman–Crippen LogP) is 7.76. The van der Waals surface area contributed by atoms with Crippen LogP contribution in [0.5, 0.6) is 0 Å². The molecule has 1 aromatic heterocycles. The first-order chi connectivity index (χ1) is 18.7. The van der Waals surface area contributed by atoms with E-state index in [0.29, 0.717) is 12.1 Å². The van der Waals surface area contributed by atoms with Gasteiger partial charge in [0.1, 0.15) is 5.82 Å². The van der Waals surface area contributed by atoms with Crippen LogP contribution in [0.15, 0.2) is 54.6 Å². The number of fused-ring (bicyclic) bond motifs is 1. The summed E-state index contributed by atoms with van der Waals surface area (Å²) in [7, 11) is 4.09. The molecule has 206 valence electrons. The molecule has 5 nitrogen and oxygen atoms in total. The fourth-order valence-electron chi connectivity index (χ4n) is 5.73. The largest absolute Gasteiger partial charge is 0.362 e. The molecule has 3 aromatic rings. The van der Waals surface area contributed by atoms with E-state index < -0.39 is 0 Å². The van der Waals surface area contributed by atoms with Crippen molar-refractivity contribution in [1.82, 2.24) is 15.3 Å². The van der Waals surface area contributed by atoms with Crippen LogP contribution in [-0.2, 0) is 6.42 Å². The monoisotopic (exact) mass is 515 g/mol. The number of rotatable bonds is 16. The first kappa shape index (κ1) is 28.4. The van der Waals surface area contributed by atoms with E-state index in [1.807, 2.05) is 20.2 Å². The number of aromatic nitrogens is 2. The molecule has 2 aromatic carbocycles. The van der Waals surface area contributed by atoms with Gasteiger partial charge in [0.15, 0.2) is 0 Å². The second-order valence-corrected chi connectivity index (χ2v) is 11.3. The minimum Gasteiger partial charge on any atom is -0.362 e. The second-order valence-electron chi connectivity index (χ2n) is 11.3. The van der Waals surface area contributed by atoms with Crippen molar-refractivity contribution in [3.05, 3.63) is 60.2 Å². The molecule has 1 aliphatic rings. The van der Waals surface area contributed by atoms with Crippen molar-refractivity contribution in [3.63, 3.8) is 0 Å². The first-order valence-electron chi connectivity index (χ1n) is 15.2. The summed E-state index contributed by atoms with van der Waals surface area (Å²) >= 11 is 0. The van der Waals surface area contributed by atoms with E-state index in [2.05, 4.69) is 64.1 Å². The van der Waals surface area contributed by atoms with Gasteiger partial charge in [-0.2, -0.15) is 4.98 Å². The predicted molar refractivity (Wildman–Crippen MR) is 163 cm³/mol. The molecule has 0 unspecified atom stereocenters. The molecular formula is C33H49N5. The third kappa shape index (κ3) is 9.27. The lowest BCUT2D eigenvalue weighted by Gasteiger charge is -2.30. The Morgan fingerprint density at radius 2 is 1.29 bits per heavy atom. The van der Waals surface area contributed by atoms with Crippen molar-refractivity contribution in [2.24, 2.45) is 0 Å². The van der Waals surface area contributed by atoms with Gasteiger partial charge < -0.3 is 15.5 Å². The summed E-state index contributed by atoms with van der Waals surface area (Å²) in [5.41, 5.74) is 2.49. The molecule has 1 saturated carbocycles. The van der Waals surface area contributed by atoms with Gasteiger partial charge in [0.25, 0.3) is 0 Å². The lowest BCUT2D eigenvalue weighted by atomic mass is 9.91.